The molecular weight excluding hydrogens is 299 g/mol. The number of hydrogen-bond acceptors (Lipinski definition) is 2. The largest absolute Gasteiger partial charge is 0.302 e. The Hall–Kier alpha value is 0.650. The van der Waals surface area contributed by atoms with Crippen molar-refractivity contribution >= 4 is 22.6 Å². The first kappa shape index (κ1) is 15.7. The molecule has 1 atom stereocenters. The quantitative estimate of drug-likeness (QED) is 0.524. The van der Waals surface area contributed by atoms with Crippen LogP contribution in [0, 0.1) is 0 Å². The van der Waals surface area contributed by atoms with Gasteiger partial charge in [0.1, 0.15) is 0 Å². The fraction of sp³-hybridized carbons (Fsp3) is 1.00. The topological polar surface area (TPSA) is 6.48 Å². The summed E-state index contributed by atoms with van der Waals surface area (Å²) in [6, 6.07) is 1.93. The summed E-state index contributed by atoms with van der Waals surface area (Å²) >= 11 is 2.46. The van der Waals surface area contributed by atoms with Crippen LogP contribution in [0.25, 0.3) is 0 Å². The van der Waals surface area contributed by atoms with Crippen LogP contribution in [0.5, 0.6) is 0 Å². The second kappa shape index (κ2) is 7.85. The van der Waals surface area contributed by atoms with E-state index in [9.17, 15) is 0 Å². The second-order valence-electron chi connectivity index (χ2n) is 4.90. The lowest BCUT2D eigenvalue weighted by molar-refractivity contribution is 0.127. The maximum atomic E-state index is 2.59. The average molecular weight is 326 g/mol. The molecule has 2 nitrogen and oxygen atoms in total. The molecule has 0 heterocycles. The smallest absolute Gasteiger partial charge is 0.0197 e. The molecule has 0 aromatic carbocycles. The number of halogens is 1. The van der Waals surface area contributed by atoms with Crippen molar-refractivity contribution in [3.05, 3.63) is 0 Å². The van der Waals surface area contributed by atoms with Crippen molar-refractivity contribution in [2.75, 3.05) is 24.6 Å². The Labute approximate surface area is 110 Å². The van der Waals surface area contributed by atoms with E-state index in [2.05, 4.69) is 74.1 Å². The molecule has 0 aliphatic carbocycles. The van der Waals surface area contributed by atoms with Crippen LogP contribution in [-0.4, -0.2) is 52.5 Å². The lowest BCUT2D eigenvalue weighted by Crippen LogP contribution is -2.46. The van der Waals surface area contributed by atoms with Gasteiger partial charge in [0.25, 0.3) is 0 Å². The van der Waals surface area contributed by atoms with Gasteiger partial charge in [0.05, 0.1) is 0 Å². The molecule has 0 saturated heterocycles. The first-order chi connectivity index (χ1) is 6.90. The maximum absolute atomic E-state index is 2.59. The van der Waals surface area contributed by atoms with E-state index in [0.717, 1.165) is 6.54 Å². The Morgan fingerprint density at radius 1 is 1.00 bits per heavy atom. The number of likely N-dealkylation sites (N-methyl/N-ethyl adjacent to an activating group) is 1. The van der Waals surface area contributed by atoms with Crippen molar-refractivity contribution in [2.24, 2.45) is 0 Å². The van der Waals surface area contributed by atoms with E-state index < -0.39 is 0 Å². The predicted octanol–water partition coefficient (Wildman–Crippen LogP) is 2.86. The third-order valence-electron chi connectivity index (χ3n) is 3.01. The molecule has 0 rings (SSSR count). The van der Waals surface area contributed by atoms with E-state index in [-0.39, 0.29) is 0 Å². The fourth-order valence-corrected chi connectivity index (χ4v) is 2.37. The van der Waals surface area contributed by atoms with Gasteiger partial charge >= 0.3 is 0 Å². The van der Waals surface area contributed by atoms with Gasteiger partial charge in [-0.25, -0.2) is 0 Å². The van der Waals surface area contributed by atoms with Gasteiger partial charge < -0.3 is 4.90 Å². The molecule has 3 heteroatoms. The van der Waals surface area contributed by atoms with Gasteiger partial charge in [0.2, 0.25) is 0 Å². The molecule has 0 unspecified atom stereocenters. The molecule has 15 heavy (non-hydrogen) atoms. The van der Waals surface area contributed by atoms with Crippen molar-refractivity contribution < 1.29 is 0 Å². The molecule has 0 aliphatic rings. The Bertz CT molecular complexity index is 160. The summed E-state index contributed by atoms with van der Waals surface area (Å²) in [4.78, 5) is 5.01. The highest BCUT2D eigenvalue weighted by atomic mass is 127. The van der Waals surface area contributed by atoms with E-state index in [1.54, 1.807) is 0 Å². The third kappa shape index (κ3) is 6.07. The van der Waals surface area contributed by atoms with E-state index >= 15 is 0 Å². The number of alkyl halides is 1. The summed E-state index contributed by atoms with van der Waals surface area (Å²) < 4.78 is 1.21. The first-order valence-electron chi connectivity index (χ1n) is 5.92. The summed E-state index contributed by atoms with van der Waals surface area (Å²) in [5.74, 6) is 0. The van der Waals surface area contributed by atoms with Gasteiger partial charge in [-0.1, -0.05) is 22.6 Å². The summed E-state index contributed by atoms with van der Waals surface area (Å²) in [6.07, 6.45) is 0. The molecule has 0 amide bonds. The highest BCUT2D eigenvalue weighted by molar-refractivity contribution is 14.1. The fourth-order valence-electron chi connectivity index (χ4n) is 1.82. The molecule has 0 N–H and O–H groups in total. The van der Waals surface area contributed by atoms with Crippen LogP contribution in [-0.2, 0) is 0 Å². The standard InChI is InChI=1S/C12H27IN2/c1-10(2)14(6)9-12(5)15(8-7-13)11(3)4/h10-12H,7-9H2,1-6H3/t12-/m0/s1. The number of rotatable bonds is 7. The van der Waals surface area contributed by atoms with Crippen LogP contribution in [0.1, 0.15) is 34.6 Å². The summed E-state index contributed by atoms with van der Waals surface area (Å²) in [7, 11) is 2.21. The Morgan fingerprint density at radius 2 is 1.53 bits per heavy atom. The van der Waals surface area contributed by atoms with Gasteiger partial charge in [-0.15, -0.1) is 0 Å². The number of hydrogen-bond donors (Lipinski definition) is 0. The van der Waals surface area contributed by atoms with Crippen molar-refractivity contribution in [1.82, 2.24) is 9.80 Å². The van der Waals surface area contributed by atoms with E-state index in [1.807, 2.05) is 0 Å². The van der Waals surface area contributed by atoms with Crippen molar-refractivity contribution in [2.45, 2.75) is 52.7 Å². The highest BCUT2D eigenvalue weighted by Crippen LogP contribution is 2.08. The normalized spacial score (nSPS) is 14.6. The number of nitrogens with zero attached hydrogens (tertiary/aromatic N) is 2. The predicted molar refractivity (Wildman–Crippen MR) is 78.0 cm³/mol. The van der Waals surface area contributed by atoms with E-state index in [0.29, 0.717) is 18.1 Å². The lowest BCUT2D eigenvalue weighted by atomic mass is 10.2. The van der Waals surface area contributed by atoms with E-state index in [1.165, 1.54) is 11.0 Å². The second-order valence-corrected chi connectivity index (χ2v) is 5.98. The van der Waals surface area contributed by atoms with Gasteiger partial charge in [0, 0.05) is 35.6 Å². The molecule has 0 bridgehead atoms. The lowest BCUT2D eigenvalue weighted by Gasteiger charge is -2.35. The van der Waals surface area contributed by atoms with Crippen LogP contribution < -0.4 is 0 Å². The molecule has 0 spiro atoms. The first-order valence-corrected chi connectivity index (χ1v) is 7.44. The summed E-state index contributed by atoms with van der Waals surface area (Å²) in [5, 5.41) is 0. The highest BCUT2D eigenvalue weighted by Gasteiger charge is 2.18. The van der Waals surface area contributed by atoms with E-state index in [4.69, 9.17) is 0 Å². The molecular formula is C12H27IN2. The van der Waals surface area contributed by atoms with Crippen LogP contribution in [0.3, 0.4) is 0 Å². The molecule has 92 valence electrons. The minimum absolute atomic E-state index is 0.640. The molecule has 0 radical (unpaired) electrons. The van der Waals surface area contributed by atoms with Crippen LogP contribution in [0.2, 0.25) is 0 Å². The molecule has 0 aliphatic heterocycles. The molecule has 0 aromatic heterocycles. The Kier molecular flexibility index (Phi) is 8.19. The van der Waals surface area contributed by atoms with Gasteiger partial charge in [0.15, 0.2) is 0 Å². The third-order valence-corrected chi connectivity index (χ3v) is 3.49. The van der Waals surface area contributed by atoms with Crippen molar-refractivity contribution in [3.63, 3.8) is 0 Å². The minimum atomic E-state index is 0.640. The summed E-state index contributed by atoms with van der Waals surface area (Å²) in [5.41, 5.74) is 0. The zero-order chi connectivity index (χ0) is 12.0. The average Bonchev–Trinajstić information content (AvgIpc) is 2.12. The van der Waals surface area contributed by atoms with Gasteiger partial charge in [-0.05, 0) is 41.7 Å². The maximum Gasteiger partial charge on any atom is 0.0197 e. The zero-order valence-electron chi connectivity index (χ0n) is 11.1. The SMILES string of the molecule is CC(C)N(C)C[C@H](C)N(CCI)C(C)C. The van der Waals surface area contributed by atoms with Crippen molar-refractivity contribution in [3.8, 4) is 0 Å². The molecule has 0 saturated carbocycles. The van der Waals surface area contributed by atoms with Gasteiger partial charge in [-0.3, -0.25) is 4.90 Å². The minimum Gasteiger partial charge on any atom is -0.302 e. The molecule has 0 fully saturated rings. The Balaban J connectivity index is 4.18. The van der Waals surface area contributed by atoms with Gasteiger partial charge in [-0.2, -0.15) is 0 Å². The van der Waals surface area contributed by atoms with Crippen LogP contribution >= 0.6 is 22.6 Å². The van der Waals surface area contributed by atoms with Crippen molar-refractivity contribution in [1.29, 1.82) is 0 Å². The Morgan fingerprint density at radius 3 is 1.87 bits per heavy atom. The molecule has 0 aromatic rings. The van der Waals surface area contributed by atoms with Crippen LogP contribution in [0.4, 0.5) is 0 Å². The summed E-state index contributed by atoms with van der Waals surface area (Å²) in [6.45, 7) is 13.8. The van der Waals surface area contributed by atoms with Crippen LogP contribution in [0.15, 0.2) is 0 Å². The zero-order valence-corrected chi connectivity index (χ0v) is 13.3. The monoisotopic (exact) mass is 326 g/mol.